The molecule has 0 saturated carbocycles. The maximum Gasteiger partial charge on any atom is 0.219 e. The van der Waals surface area contributed by atoms with Crippen molar-refractivity contribution in [3.05, 3.63) is 0 Å². The molecule has 3 heteroatoms. The Morgan fingerprint density at radius 3 is 2.70 bits per heavy atom. The van der Waals surface area contributed by atoms with Gasteiger partial charge >= 0.3 is 0 Å². The van der Waals surface area contributed by atoms with Gasteiger partial charge in [-0.3, -0.25) is 4.79 Å². The number of methoxy groups -OCH3 is 1. The summed E-state index contributed by atoms with van der Waals surface area (Å²) in [5.41, 5.74) is 0. The molecule has 0 aromatic carbocycles. The van der Waals surface area contributed by atoms with Crippen molar-refractivity contribution in [2.75, 3.05) is 20.2 Å². The fraction of sp³-hybridized carbons (Fsp3) is 0.857. The molecule has 10 heavy (non-hydrogen) atoms. The lowest BCUT2D eigenvalue weighted by Gasteiger charge is -2.12. The molecule has 1 aliphatic heterocycles. The van der Waals surface area contributed by atoms with Crippen molar-refractivity contribution in [2.24, 2.45) is 0 Å². The molecule has 1 aliphatic rings. The van der Waals surface area contributed by atoms with Gasteiger partial charge in [0.25, 0.3) is 0 Å². The van der Waals surface area contributed by atoms with Crippen LogP contribution < -0.4 is 0 Å². The predicted molar refractivity (Wildman–Crippen MR) is 37.7 cm³/mol. The number of rotatable bonds is 1. The van der Waals surface area contributed by atoms with Gasteiger partial charge in [-0.2, -0.15) is 0 Å². The van der Waals surface area contributed by atoms with Crippen LogP contribution in [0.4, 0.5) is 0 Å². The van der Waals surface area contributed by atoms with Crippen LogP contribution in [0.5, 0.6) is 0 Å². The summed E-state index contributed by atoms with van der Waals surface area (Å²) in [5, 5.41) is 0. The van der Waals surface area contributed by atoms with E-state index in [4.69, 9.17) is 4.74 Å². The van der Waals surface area contributed by atoms with E-state index in [9.17, 15) is 4.79 Å². The summed E-state index contributed by atoms with van der Waals surface area (Å²) in [4.78, 5) is 12.6. The van der Waals surface area contributed by atoms with Gasteiger partial charge in [0.2, 0.25) is 5.91 Å². The minimum atomic E-state index is 0.152. The Morgan fingerprint density at radius 1 is 1.70 bits per heavy atom. The molecule has 0 aliphatic carbocycles. The van der Waals surface area contributed by atoms with Crippen molar-refractivity contribution in [1.82, 2.24) is 4.90 Å². The number of amides is 1. The lowest BCUT2D eigenvalue weighted by atomic mass is 10.3. The molecule has 0 unspecified atom stereocenters. The highest BCUT2D eigenvalue weighted by Gasteiger charge is 2.23. The molecule has 1 rings (SSSR count). The van der Waals surface area contributed by atoms with E-state index in [0.29, 0.717) is 0 Å². The average molecular weight is 143 g/mol. The quantitative estimate of drug-likeness (QED) is 0.526. The minimum Gasteiger partial charge on any atom is -0.380 e. The zero-order chi connectivity index (χ0) is 7.56. The second-order valence-corrected chi connectivity index (χ2v) is 2.61. The number of hydrogen-bond donors (Lipinski definition) is 0. The molecule has 0 spiro atoms. The topological polar surface area (TPSA) is 29.5 Å². The van der Waals surface area contributed by atoms with E-state index >= 15 is 0 Å². The molecule has 0 bridgehead atoms. The van der Waals surface area contributed by atoms with E-state index in [1.165, 1.54) is 0 Å². The molecule has 1 heterocycles. The van der Waals surface area contributed by atoms with Crippen LogP contribution in [-0.4, -0.2) is 37.1 Å². The van der Waals surface area contributed by atoms with Crippen LogP contribution in [0, 0.1) is 0 Å². The number of carbonyl (C=O) groups is 1. The number of carbonyl (C=O) groups excluding carboxylic acids is 1. The Hall–Kier alpha value is -0.570. The molecule has 0 aromatic heterocycles. The predicted octanol–water partition coefficient (Wildman–Crippen LogP) is 0.254. The van der Waals surface area contributed by atoms with E-state index in [1.54, 1.807) is 14.0 Å². The van der Waals surface area contributed by atoms with Gasteiger partial charge < -0.3 is 9.64 Å². The molecule has 1 atom stereocenters. The molecule has 58 valence electrons. The average Bonchev–Trinajstić information content (AvgIpc) is 2.34. The van der Waals surface area contributed by atoms with Crippen molar-refractivity contribution in [1.29, 1.82) is 0 Å². The van der Waals surface area contributed by atoms with Gasteiger partial charge in [-0.25, -0.2) is 0 Å². The molecule has 0 radical (unpaired) electrons. The standard InChI is InChI=1S/C7H13NO2/c1-6(9)8-4-3-7(5-8)10-2/h7H,3-5H2,1-2H3/t7-/m0/s1. The third-order valence-electron chi connectivity index (χ3n) is 1.92. The third-order valence-corrected chi connectivity index (χ3v) is 1.92. The molecule has 1 fully saturated rings. The van der Waals surface area contributed by atoms with Crippen molar-refractivity contribution in [3.8, 4) is 0 Å². The molecule has 1 amide bonds. The van der Waals surface area contributed by atoms with Crippen LogP contribution in [0.15, 0.2) is 0 Å². The Balaban J connectivity index is 2.35. The van der Waals surface area contributed by atoms with E-state index in [2.05, 4.69) is 0 Å². The highest BCUT2D eigenvalue weighted by Crippen LogP contribution is 2.10. The van der Waals surface area contributed by atoms with E-state index in [1.807, 2.05) is 4.90 Å². The van der Waals surface area contributed by atoms with Gasteiger partial charge in [-0.15, -0.1) is 0 Å². The molecular weight excluding hydrogens is 130 g/mol. The highest BCUT2D eigenvalue weighted by atomic mass is 16.5. The van der Waals surface area contributed by atoms with Gasteiger partial charge in [0.1, 0.15) is 0 Å². The van der Waals surface area contributed by atoms with Crippen molar-refractivity contribution < 1.29 is 9.53 Å². The van der Waals surface area contributed by atoms with Gasteiger partial charge in [0.15, 0.2) is 0 Å². The van der Waals surface area contributed by atoms with Crippen LogP contribution in [0.3, 0.4) is 0 Å². The molecule has 0 N–H and O–H groups in total. The number of hydrogen-bond acceptors (Lipinski definition) is 2. The monoisotopic (exact) mass is 143 g/mol. The zero-order valence-electron chi connectivity index (χ0n) is 6.46. The van der Waals surface area contributed by atoms with Crippen LogP contribution >= 0.6 is 0 Å². The van der Waals surface area contributed by atoms with Crippen molar-refractivity contribution in [3.63, 3.8) is 0 Å². The van der Waals surface area contributed by atoms with E-state index in [0.717, 1.165) is 19.5 Å². The molecule has 3 nitrogen and oxygen atoms in total. The van der Waals surface area contributed by atoms with Gasteiger partial charge in [0, 0.05) is 27.1 Å². The second-order valence-electron chi connectivity index (χ2n) is 2.61. The van der Waals surface area contributed by atoms with E-state index in [-0.39, 0.29) is 12.0 Å². The number of nitrogens with zero attached hydrogens (tertiary/aromatic N) is 1. The van der Waals surface area contributed by atoms with Crippen LogP contribution in [-0.2, 0) is 9.53 Å². The van der Waals surface area contributed by atoms with Crippen LogP contribution in [0.1, 0.15) is 13.3 Å². The minimum absolute atomic E-state index is 0.152. The summed E-state index contributed by atoms with van der Waals surface area (Å²) in [7, 11) is 1.69. The summed E-state index contributed by atoms with van der Waals surface area (Å²) in [6, 6.07) is 0. The lowest BCUT2D eigenvalue weighted by molar-refractivity contribution is -0.128. The Labute approximate surface area is 61.0 Å². The first-order valence-electron chi connectivity index (χ1n) is 3.52. The summed E-state index contributed by atoms with van der Waals surface area (Å²) in [6.07, 6.45) is 1.25. The Bertz CT molecular complexity index is 136. The van der Waals surface area contributed by atoms with Crippen molar-refractivity contribution >= 4 is 5.91 Å². The first-order valence-corrected chi connectivity index (χ1v) is 3.52. The van der Waals surface area contributed by atoms with Crippen LogP contribution in [0.2, 0.25) is 0 Å². The largest absolute Gasteiger partial charge is 0.380 e. The maximum atomic E-state index is 10.8. The van der Waals surface area contributed by atoms with E-state index < -0.39 is 0 Å². The Morgan fingerprint density at radius 2 is 2.40 bits per heavy atom. The van der Waals surface area contributed by atoms with Gasteiger partial charge in [-0.1, -0.05) is 0 Å². The van der Waals surface area contributed by atoms with Gasteiger partial charge in [0.05, 0.1) is 6.10 Å². The smallest absolute Gasteiger partial charge is 0.219 e. The first kappa shape index (κ1) is 7.54. The number of likely N-dealkylation sites (tertiary alicyclic amines) is 1. The second kappa shape index (κ2) is 3.01. The maximum absolute atomic E-state index is 10.8. The molecule has 0 aromatic rings. The summed E-state index contributed by atoms with van der Waals surface area (Å²) in [5.74, 6) is 0.152. The first-order chi connectivity index (χ1) is 4.74. The lowest BCUT2D eigenvalue weighted by Crippen LogP contribution is -2.27. The zero-order valence-corrected chi connectivity index (χ0v) is 6.46. The summed E-state index contributed by atoms with van der Waals surface area (Å²) in [6.45, 7) is 3.22. The van der Waals surface area contributed by atoms with Gasteiger partial charge in [-0.05, 0) is 6.42 Å². The third kappa shape index (κ3) is 1.48. The fourth-order valence-electron chi connectivity index (χ4n) is 1.21. The van der Waals surface area contributed by atoms with Crippen molar-refractivity contribution in [2.45, 2.75) is 19.4 Å². The molecular formula is C7H13NO2. The van der Waals surface area contributed by atoms with Crippen LogP contribution in [0.25, 0.3) is 0 Å². The highest BCUT2D eigenvalue weighted by molar-refractivity contribution is 5.73. The normalized spacial score (nSPS) is 25.4. The summed E-state index contributed by atoms with van der Waals surface area (Å²) >= 11 is 0. The summed E-state index contributed by atoms with van der Waals surface area (Å²) < 4.78 is 5.10. The number of ether oxygens (including phenoxy) is 1. The Kier molecular flexibility index (Phi) is 2.27. The fourth-order valence-corrected chi connectivity index (χ4v) is 1.21. The molecule has 1 saturated heterocycles. The SMILES string of the molecule is CO[C@H]1CCN(C(C)=O)C1.